The van der Waals surface area contributed by atoms with Crippen molar-refractivity contribution in [3.63, 3.8) is 0 Å². The van der Waals surface area contributed by atoms with E-state index in [0.29, 0.717) is 6.42 Å². The summed E-state index contributed by atoms with van der Waals surface area (Å²) in [6.07, 6.45) is 1.21. The predicted octanol–water partition coefficient (Wildman–Crippen LogP) is 3.12. The van der Waals surface area contributed by atoms with Crippen LogP contribution in [-0.2, 0) is 11.2 Å². The fourth-order valence-electron chi connectivity index (χ4n) is 1.82. The van der Waals surface area contributed by atoms with Gasteiger partial charge in [0.05, 0.1) is 5.69 Å². The molecule has 2 rings (SSSR count). The van der Waals surface area contributed by atoms with Gasteiger partial charge < -0.3 is 10.1 Å². The SMILES string of the molecule is CCc1cc(Br)cc2c1OC(CC)C(=O)N2. The van der Waals surface area contributed by atoms with E-state index in [1.165, 1.54) is 0 Å². The maximum atomic E-state index is 11.6. The van der Waals surface area contributed by atoms with Crippen LogP contribution in [0.1, 0.15) is 25.8 Å². The Morgan fingerprint density at radius 2 is 2.19 bits per heavy atom. The van der Waals surface area contributed by atoms with Gasteiger partial charge in [0.1, 0.15) is 5.75 Å². The van der Waals surface area contributed by atoms with E-state index in [9.17, 15) is 4.79 Å². The minimum atomic E-state index is -0.362. The van der Waals surface area contributed by atoms with Crippen LogP contribution in [0.25, 0.3) is 0 Å². The number of aryl methyl sites for hydroxylation is 1. The van der Waals surface area contributed by atoms with Gasteiger partial charge in [0.25, 0.3) is 5.91 Å². The number of benzene rings is 1. The van der Waals surface area contributed by atoms with E-state index in [-0.39, 0.29) is 12.0 Å². The van der Waals surface area contributed by atoms with Crippen molar-refractivity contribution in [3.05, 3.63) is 22.2 Å². The second-order valence-corrected chi connectivity index (χ2v) is 4.71. The summed E-state index contributed by atoms with van der Waals surface area (Å²) in [5.41, 5.74) is 1.88. The fourth-order valence-corrected chi connectivity index (χ4v) is 2.33. The van der Waals surface area contributed by atoms with Crippen LogP contribution in [0.15, 0.2) is 16.6 Å². The highest BCUT2D eigenvalue weighted by Crippen LogP contribution is 2.37. The third kappa shape index (κ3) is 1.94. The van der Waals surface area contributed by atoms with Crippen LogP contribution in [0.5, 0.6) is 5.75 Å². The highest BCUT2D eigenvalue weighted by molar-refractivity contribution is 9.10. The molecule has 1 atom stereocenters. The van der Waals surface area contributed by atoms with Gasteiger partial charge in [0, 0.05) is 4.47 Å². The molecule has 86 valence electrons. The highest BCUT2D eigenvalue weighted by atomic mass is 79.9. The lowest BCUT2D eigenvalue weighted by molar-refractivity contribution is -0.123. The molecule has 0 aliphatic carbocycles. The van der Waals surface area contributed by atoms with Crippen molar-refractivity contribution < 1.29 is 9.53 Å². The summed E-state index contributed by atoms with van der Waals surface area (Å²) in [5.74, 6) is 0.757. The number of carbonyl (C=O) groups is 1. The van der Waals surface area contributed by atoms with E-state index in [1.807, 2.05) is 19.1 Å². The lowest BCUT2D eigenvalue weighted by Crippen LogP contribution is -2.36. The molecule has 1 N–H and O–H groups in total. The van der Waals surface area contributed by atoms with Gasteiger partial charge in [0.15, 0.2) is 6.10 Å². The molecule has 1 aromatic rings. The second-order valence-electron chi connectivity index (χ2n) is 3.80. The minimum absolute atomic E-state index is 0.0600. The summed E-state index contributed by atoms with van der Waals surface area (Å²) in [6.45, 7) is 4.02. The largest absolute Gasteiger partial charge is 0.478 e. The zero-order chi connectivity index (χ0) is 11.7. The quantitative estimate of drug-likeness (QED) is 0.906. The minimum Gasteiger partial charge on any atom is -0.478 e. The molecule has 16 heavy (non-hydrogen) atoms. The maximum absolute atomic E-state index is 11.6. The average molecular weight is 284 g/mol. The Hall–Kier alpha value is -1.03. The lowest BCUT2D eigenvalue weighted by Gasteiger charge is -2.27. The molecule has 0 bridgehead atoms. The van der Waals surface area contributed by atoms with Gasteiger partial charge in [-0.25, -0.2) is 0 Å². The summed E-state index contributed by atoms with van der Waals surface area (Å²) in [7, 11) is 0. The molecule has 1 aromatic carbocycles. The number of ether oxygens (including phenoxy) is 1. The molecule has 1 aliphatic rings. The van der Waals surface area contributed by atoms with Crippen LogP contribution in [0.3, 0.4) is 0 Å². The zero-order valence-electron chi connectivity index (χ0n) is 9.34. The van der Waals surface area contributed by atoms with Crippen LogP contribution in [0.2, 0.25) is 0 Å². The maximum Gasteiger partial charge on any atom is 0.265 e. The first-order chi connectivity index (χ1) is 7.65. The Bertz CT molecular complexity index is 431. The van der Waals surface area contributed by atoms with Crippen molar-refractivity contribution in [1.29, 1.82) is 0 Å². The van der Waals surface area contributed by atoms with Gasteiger partial charge in [-0.1, -0.05) is 29.8 Å². The van der Waals surface area contributed by atoms with Crippen molar-refractivity contribution in [3.8, 4) is 5.75 Å². The molecular weight excluding hydrogens is 270 g/mol. The smallest absolute Gasteiger partial charge is 0.265 e. The van der Waals surface area contributed by atoms with E-state index < -0.39 is 0 Å². The summed E-state index contributed by atoms with van der Waals surface area (Å²) < 4.78 is 6.70. The first-order valence-corrected chi connectivity index (χ1v) is 6.25. The number of nitrogens with one attached hydrogen (secondary N) is 1. The van der Waals surface area contributed by atoms with Crippen LogP contribution in [0, 0.1) is 0 Å². The van der Waals surface area contributed by atoms with Gasteiger partial charge >= 0.3 is 0 Å². The number of hydrogen-bond acceptors (Lipinski definition) is 2. The Labute approximate surface area is 103 Å². The van der Waals surface area contributed by atoms with E-state index in [4.69, 9.17) is 4.74 Å². The molecular formula is C12H14BrNO2. The van der Waals surface area contributed by atoms with Gasteiger partial charge in [-0.15, -0.1) is 0 Å². The monoisotopic (exact) mass is 283 g/mol. The topological polar surface area (TPSA) is 38.3 Å². The van der Waals surface area contributed by atoms with E-state index in [1.54, 1.807) is 0 Å². The van der Waals surface area contributed by atoms with Gasteiger partial charge in [0.2, 0.25) is 0 Å². The molecule has 4 heteroatoms. The molecule has 1 heterocycles. The number of amides is 1. The third-order valence-corrected chi connectivity index (χ3v) is 3.15. The van der Waals surface area contributed by atoms with E-state index in [2.05, 4.69) is 28.2 Å². The van der Waals surface area contributed by atoms with Crippen molar-refractivity contribution in [2.45, 2.75) is 32.8 Å². The number of fused-ring (bicyclic) bond motifs is 1. The molecule has 3 nitrogen and oxygen atoms in total. The predicted molar refractivity (Wildman–Crippen MR) is 66.9 cm³/mol. The fraction of sp³-hybridized carbons (Fsp3) is 0.417. The molecule has 1 aliphatic heterocycles. The first-order valence-electron chi connectivity index (χ1n) is 5.45. The Morgan fingerprint density at radius 3 is 2.81 bits per heavy atom. The number of carbonyl (C=O) groups excluding carboxylic acids is 1. The van der Waals surface area contributed by atoms with Crippen LogP contribution in [-0.4, -0.2) is 12.0 Å². The van der Waals surface area contributed by atoms with E-state index >= 15 is 0 Å². The molecule has 1 amide bonds. The number of hydrogen-bond donors (Lipinski definition) is 1. The standard InChI is InChI=1S/C12H14BrNO2/c1-3-7-5-8(13)6-9-11(7)16-10(4-2)12(15)14-9/h5-6,10H,3-4H2,1-2H3,(H,14,15). The molecule has 0 spiro atoms. The zero-order valence-corrected chi connectivity index (χ0v) is 10.9. The highest BCUT2D eigenvalue weighted by Gasteiger charge is 2.27. The van der Waals surface area contributed by atoms with Gasteiger partial charge in [-0.3, -0.25) is 4.79 Å². The summed E-state index contributed by atoms with van der Waals surface area (Å²) >= 11 is 3.43. The van der Waals surface area contributed by atoms with Crippen LogP contribution < -0.4 is 10.1 Å². The third-order valence-electron chi connectivity index (χ3n) is 2.69. The normalized spacial score (nSPS) is 18.7. The summed E-state index contributed by atoms with van der Waals surface area (Å²) in [5, 5.41) is 2.88. The van der Waals surface area contributed by atoms with Crippen molar-refractivity contribution >= 4 is 27.5 Å². The second kappa shape index (κ2) is 4.45. The lowest BCUT2D eigenvalue weighted by atomic mass is 10.1. The average Bonchev–Trinajstić information content (AvgIpc) is 2.26. The van der Waals surface area contributed by atoms with E-state index in [0.717, 1.165) is 27.9 Å². The molecule has 0 saturated heterocycles. The molecule has 0 radical (unpaired) electrons. The van der Waals surface area contributed by atoms with Crippen LogP contribution in [0.4, 0.5) is 5.69 Å². The number of rotatable bonds is 2. The van der Waals surface area contributed by atoms with Gasteiger partial charge in [-0.2, -0.15) is 0 Å². The Kier molecular flexibility index (Phi) is 3.19. The molecule has 0 aromatic heterocycles. The number of anilines is 1. The van der Waals surface area contributed by atoms with Crippen LogP contribution >= 0.6 is 15.9 Å². The van der Waals surface area contributed by atoms with Crippen molar-refractivity contribution in [1.82, 2.24) is 0 Å². The number of halogens is 1. The summed E-state index contributed by atoms with van der Waals surface area (Å²) in [6, 6.07) is 3.90. The molecule has 0 saturated carbocycles. The Balaban J connectivity index is 2.46. The van der Waals surface area contributed by atoms with Crippen molar-refractivity contribution in [2.75, 3.05) is 5.32 Å². The Morgan fingerprint density at radius 1 is 1.44 bits per heavy atom. The molecule has 1 unspecified atom stereocenters. The van der Waals surface area contributed by atoms with Crippen molar-refractivity contribution in [2.24, 2.45) is 0 Å². The summed E-state index contributed by atoms with van der Waals surface area (Å²) in [4.78, 5) is 11.6. The first kappa shape index (κ1) is 11.5. The molecule has 0 fully saturated rings. The van der Waals surface area contributed by atoms with Gasteiger partial charge in [-0.05, 0) is 30.5 Å².